The number of hydrogen-bond acceptors (Lipinski definition) is 8. The van der Waals surface area contributed by atoms with Crippen LogP contribution in [0.4, 0.5) is 0 Å². The zero-order valence-corrected chi connectivity index (χ0v) is 27.7. The van der Waals surface area contributed by atoms with Crippen LogP contribution in [0.25, 0.3) is 5.69 Å². The van der Waals surface area contributed by atoms with E-state index in [4.69, 9.17) is 9.84 Å². The van der Waals surface area contributed by atoms with E-state index >= 15 is 0 Å². The molecule has 1 aliphatic rings. The minimum atomic E-state index is -0.238. The topological polar surface area (TPSA) is 102 Å². The molecule has 5 aromatic rings. The molecule has 9 nitrogen and oxygen atoms in total. The van der Waals surface area contributed by atoms with Gasteiger partial charge in [-0.3, -0.25) is 14.2 Å². The molecule has 0 saturated heterocycles. The van der Waals surface area contributed by atoms with Crippen molar-refractivity contribution in [1.82, 2.24) is 25.1 Å². The quantitative estimate of drug-likeness (QED) is 0.170. The number of aromatic nitrogens is 3. The molecule has 0 radical (unpaired) electrons. The van der Waals surface area contributed by atoms with E-state index in [9.17, 15) is 9.59 Å². The van der Waals surface area contributed by atoms with Gasteiger partial charge in [0.15, 0.2) is 11.0 Å². The first-order chi connectivity index (χ1) is 22.3. The molecule has 0 aliphatic carbocycles. The second-order valence-electron chi connectivity index (χ2n) is 11.0. The third kappa shape index (κ3) is 6.61. The summed E-state index contributed by atoms with van der Waals surface area (Å²) in [6.45, 7) is 6.29. The van der Waals surface area contributed by atoms with Gasteiger partial charge in [0.05, 0.1) is 41.7 Å². The van der Waals surface area contributed by atoms with Crippen molar-refractivity contribution in [2.24, 2.45) is 5.10 Å². The first-order valence-corrected chi connectivity index (χ1v) is 16.7. The third-order valence-electron chi connectivity index (χ3n) is 8.03. The van der Waals surface area contributed by atoms with Gasteiger partial charge in [0, 0.05) is 12.0 Å². The van der Waals surface area contributed by atoms with E-state index in [1.807, 2.05) is 54.1 Å². The highest BCUT2D eigenvalue weighted by molar-refractivity contribution is 7.99. The molecule has 11 heteroatoms. The molecule has 1 aliphatic heterocycles. The van der Waals surface area contributed by atoms with Crippen LogP contribution in [0.15, 0.2) is 94.5 Å². The Balaban J connectivity index is 1.25. The summed E-state index contributed by atoms with van der Waals surface area (Å²) in [6.07, 6.45) is 0.649. The lowest BCUT2D eigenvalue weighted by Crippen LogP contribution is -2.28. The average molecular weight is 651 g/mol. The second-order valence-corrected chi connectivity index (χ2v) is 12.9. The number of carbonyl (C=O) groups is 2. The summed E-state index contributed by atoms with van der Waals surface area (Å²) >= 11 is 2.93. The van der Waals surface area contributed by atoms with Gasteiger partial charge in [-0.2, -0.15) is 5.10 Å². The summed E-state index contributed by atoms with van der Waals surface area (Å²) in [7, 11) is 1.58. The van der Waals surface area contributed by atoms with Crippen LogP contribution in [0.2, 0.25) is 0 Å². The number of aryl methyl sites for hydroxylation is 2. The summed E-state index contributed by atoms with van der Waals surface area (Å²) < 4.78 is 7.13. The first kappa shape index (κ1) is 31.3. The SMILES string of the molecule is COc1ccc(C(=O)NCc2nnc(SCC(=O)N3N=C(c4cccs4)CC3c3ccc(C)cc3)n2-c2cccc(C)c2C)cc1. The van der Waals surface area contributed by atoms with Crippen LogP contribution >= 0.6 is 23.1 Å². The van der Waals surface area contributed by atoms with E-state index in [0.29, 0.717) is 28.7 Å². The van der Waals surface area contributed by atoms with Gasteiger partial charge >= 0.3 is 0 Å². The van der Waals surface area contributed by atoms with E-state index in [0.717, 1.165) is 38.5 Å². The first-order valence-electron chi connectivity index (χ1n) is 14.9. The largest absolute Gasteiger partial charge is 0.497 e. The fraction of sp³-hybridized carbons (Fsp3) is 0.229. The van der Waals surface area contributed by atoms with Crippen LogP contribution < -0.4 is 10.1 Å². The fourth-order valence-corrected chi connectivity index (χ4v) is 6.84. The van der Waals surface area contributed by atoms with Crippen LogP contribution in [0.5, 0.6) is 5.75 Å². The van der Waals surface area contributed by atoms with Crippen LogP contribution in [0.1, 0.15) is 55.8 Å². The Bertz CT molecular complexity index is 1880. The lowest BCUT2D eigenvalue weighted by molar-refractivity contribution is -0.130. The highest BCUT2D eigenvalue weighted by atomic mass is 32.2. The van der Waals surface area contributed by atoms with Gasteiger partial charge in [-0.05, 0) is 79.2 Å². The number of nitrogens with one attached hydrogen (secondary N) is 1. The normalized spacial score (nSPS) is 14.3. The lowest BCUT2D eigenvalue weighted by Gasteiger charge is -2.22. The van der Waals surface area contributed by atoms with Crippen LogP contribution in [0, 0.1) is 20.8 Å². The smallest absolute Gasteiger partial charge is 0.253 e. The molecule has 234 valence electrons. The van der Waals surface area contributed by atoms with Crippen molar-refractivity contribution in [3.05, 3.63) is 123 Å². The molecule has 2 aromatic heterocycles. The number of benzene rings is 3. The Morgan fingerprint density at radius 3 is 2.48 bits per heavy atom. The van der Waals surface area contributed by atoms with Crippen LogP contribution in [0.3, 0.4) is 0 Å². The maximum absolute atomic E-state index is 13.9. The van der Waals surface area contributed by atoms with Crippen molar-refractivity contribution in [3.63, 3.8) is 0 Å². The molecular formula is C35H34N6O3S2. The van der Waals surface area contributed by atoms with Gasteiger partial charge in [0.2, 0.25) is 0 Å². The Morgan fingerprint density at radius 2 is 1.76 bits per heavy atom. The number of hydrogen-bond donors (Lipinski definition) is 1. The molecule has 3 aromatic carbocycles. The minimum absolute atomic E-state index is 0.116. The zero-order valence-electron chi connectivity index (χ0n) is 26.1. The zero-order chi connectivity index (χ0) is 32.2. The predicted octanol–water partition coefficient (Wildman–Crippen LogP) is 6.66. The number of thioether (sulfide) groups is 1. The van der Waals surface area contributed by atoms with E-state index in [1.54, 1.807) is 47.7 Å². The van der Waals surface area contributed by atoms with E-state index in [1.165, 1.54) is 11.8 Å². The highest BCUT2D eigenvalue weighted by Gasteiger charge is 2.33. The van der Waals surface area contributed by atoms with Crippen LogP contribution in [-0.4, -0.2) is 50.2 Å². The molecule has 0 saturated carbocycles. The third-order valence-corrected chi connectivity index (χ3v) is 9.87. The lowest BCUT2D eigenvalue weighted by atomic mass is 10.00. The predicted molar refractivity (Wildman–Crippen MR) is 182 cm³/mol. The summed E-state index contributed by atoms with van der Waals surface area (Å²) in [4.78, 5) is 27.9. The van der Waals surface area contributed by atoms with Gasteiger partial charge in [0.25, 0.3) is 11.8 Å². The van der Waals surface area contributed by atoms with Gasteiger partial charge in [-0.25, -0.2) is 5.01 Å². The van der Waals surface area contributed by atoms with Crippen molar-refractivity contribution in [2.45, 2.75) is 44.9 Å². The van der Waals surface area contributed by atoms with Gasteiger partial charge in [-0.1, -0.05) is 59.8 Å². The highest BCUT2D eigenvalue weighted by Crippen LogP contribution is 2.35. The Morgan fingerprint density at radius 1 is 0.978 bits per heavy atom. The standard InChI is InChI=1S/C35H34N6O3S2/c1-22-10-12-25(13-11-22)30-19-28(31-9-6-18-45-31)39-41(30)33(42)21-46-35-38-37-32(40(35)29-8-5-7-23(2)24(29)3)20-36-34(43)26-14-16-27(44-4)17-15-26/h5-18,30H,19-21H2,1-4H3,(H,36,43). The molecule has 3 heterocycles. The minimum Gasteiger partial charge on any atom is -0.497 e. The summed E-state index contributed by atoms with van der Waals surface area (Å²) in [6, 6.07) is 25.1. The molecule has 2 amide bonds. The van der Waals surface area contributed by atoms with Gasteiger partial charge in [-0.15, -0.1) is 21.5 Å². The summed E-state index contributed by atoms with van der Waals surface area (Å²) in [5.74, 6) is 0.993. The van der Waals surface area contributed by atoms with E-state index < -0.39 is 0 Å². The molecule has 1 unspecified atom stereocenters. The molecule has 6 rings (SSSR count). The Kier molecular flexibility index (Phi) is 9.32. The molecule has 46 heavy (non-hydrogen) atoms. The fourth-order valence-electron chi connectivity index (χ4n) is 5.30. The maximum atomic E-state index is 13.9. The monoisotopic (exact) mass is 650 g/mol. The number of nitrogens with zero attached hydrogens (tertiary/aromatic N) is 5. The summed E-state index contributed by atoms with van der Waals surface area (Å²) in [5, 5.41) is 20.9. The van der Waals surface area contributed by atoms with Crippen molar-refractivity contribution in [2.75, 3.05) is 12.9 Å². The molecule has 0 spiro atoms. The number of thiophene rings is 1. The number of methoxy groups -OCH3 is 1. The molecule has 1 atom stereocenters. The second kappa shape index (κ2) is 13.7. The molecule has 0 fully saturated rings. The Labute approximate surface area is 276 Å². The number of rotatable bonds is 10. The van der Waals surface area contributed by atoms with E-state index in [2.05, 4.69) is 46.7 Å². The van der Waals surface area contributed by atoms with Gasteiger partial charge in [0.1, 0.15) is 5.75 Å². The van der Waals surface area contributed by atoms with Crippen molar-refractivity contribution in [1.29, 1.82) is 0 Å². The number of hydrazone groups is 1. The van der Waals surface area contributed by atoms with Gasteiger partial charge < -0.3 is 10.1 Å². The number of carbonyl (C=O) groups excluding carboxylic acids is 2. The Hall–Kier alpha value is -4.74. The van der Waals surface area contributed by atoms with Crippen molar-refractivity contribution < 1.29 is 14.3 Å². The van der Waals surface area contributed by atoms with Crippen molar-refractivity contribution in [3.8, 4) is 11.4 Å². The molecular weight excluding hydrogens is 617 g/mol. The summed E-state index contributed by atoms with van der Waals surface area (Å²) in [5.41, 5.74) is 6.69. The van der Waals surface area contributed by atoms with Crippen LogP contribution in [-0.2, 0) is 11.3 Å². The van der Waals surface area contributed by atoms with Crippen molar-refractivity contribution >= 4 is 40.6 Å². The number of amides is 2. The maximum Gasteiger partial charge on any atom is 0.253 e. The molecule has 0 bridgehead atoms. The van der Waals surface area contributed by atoms with E-state index in [-0.39, 0.29) is 30.2 Å². The number of ether oxygens (including phenoxy) is 1. The average Bonchev–Trinajstić information content (AvgIpc) is 3.85. The molecule has 1 N–H and O–H groups in total.